The van der Waals surface area contributed by atoms with E-state index in [2.05, 4.69) is 29.2 Å². The van der Waals surface area contributed by atoms with Gasteiger partial charge in [0.25, 0.3) is 0 Å². The molecule has 106 valence electrons. The van der Waals surface area contributed by atoms with E-state index < -0.39 is 5.97 Å². The van der Waals surface area contributed by atoms with Gasteiger partial charge in [-0.05, 0) is 14.1 Å². The zero-order valence-electron chi connectivity index (χ0n) is 11.6. The lowest BCUT2D eigenvalue weighted by atomic mass is 10.3. The molecular weight excluding hydrogens is 232 g/mol. The number of nitrogens with zero attached hydrogens (tertiary/aromatic N) is 3. The highest BCUT2D eigenvalue weighted by Gasteiger charge is 2.11. The van der Waals surface area contributed by atoms with Gasteiger partial charge in [-0.2, -0.15) is 0 Å². The number of nitrogens with one attached hydrogen (secondary N) is 1. The van der Waals surface area contributed by atoms with E-state index in [1.807, 2.05) is 4.90 Å². The number of carbonyl (C=O) groups is 1. The molecule has 0 bridgehead atoms. The van der Waals surface area contributed by atoms with E-state index in [4.69, 9.17) is 5.11 Å². The molecule has 0 aliphatic carbocycles. The monoisotopic (exact) mass is 258 g/mol. The predicted octanol–water partition coefficient (Wildman–Crippen LogP) is -1.16. The molecule has 0 unspecified atom stereocenters. The summed E-state index contributed by atoms with van der Waals surface area (Å²) in [6, 6.07) is 0. The molecule has 0 saturated carbocycles. The van der Waals surface area contributed by atoms with Crippen molar-refractivity contribution in [1.29, 1.82) is 0 Å². The Morgan fingerprint density at radius 1 is 1.00 bits per heavy atom. The van der Waals surface area contributed by atoms with E-state index in [-0.39, 0.29) is 6.54 Å². The van der Waals surface area contributed by atoms with Crippen molar-refractivity contribution in [3.63, 3.8) is 0 Å². The van der Waals surface area contributed by atoms with Crippen LogP contribution in [0.2, 0.25) is 0 Å². The Labute approximate surface area is 110 Å². The van der Waals surface area contributed by atoms with Gasteiger partial charge in [0.05, 0.1) is 6.54 Å². The molecule has 0 aromatic carbocycles. The van der Waals surface area contributed by atoms with Crippen molar-refractivity contribution >= 4 is 5.97 Å². The van der Waals surface area contributed by atoms with Crippen molar-refractivity contribution in [1.82, 2.24) is 20.0 Å². The van der Waals surface area contributed by atoms with Crippen LogP contribution in [0.5, 0.6) is 0 Å². The third-order valence-corrected chi connectivity index (χ3v) is 3.30. The van der Waals surface area contributed by atoms with E-state index in [1.54, 1.807) is 0 Å². The summed E-state index contributed by atoms with van der Waals surface area (Å²) in [5.41, 5.74) is 0. The molecule has 0 aromatic rings. The maximum atomic E-state index is 10.8. The molecule has 1 fully saturated rings. The van der Waals surface area contributed by atoms with Crippen LogP contribution >= 0.6 is 0 Å². The molecule has 6 heteroatoms. The standard InChI is InChI=1S/C12H26N4O2/c1-14-5-3-13-4-6-16(11-12(17)18)10-9-15(2)8-7-14/h13H,3-11H2,1-2H3,(H,17,18). The lowest BCUT2D eigenvalue weighted by molar-refractivity contribution is -0.138. The van der Waals surface area contributed by atoms with Crippen LogP contribution in [-0.2, 0) is 4.79 Å². The fraction of sp³-hybridized carbons (Fsp3) is 0.917. The van der Waals surface area contributed by atoms with Gasteiger partial charge in [-0.1, -0.05) is 0 Å². The number of hydrogen-bond donors (Lipinski definition) is 2. The molecule has 0 amide bonds. The quantitative estimate of drug-likeness (QED) is 0.652. The van der Waals surface area contributed by atoms with Crippen molar-refractivity contribution in [3.05, 3.63) is 0 Å². The van der Waals surface area contributed by atoms with Gasteiger partial charge in [-0.3, -0.25) is 9.69 Å². The van der Waals surface area contributed by atoms with Gasteiger partial charge in [-0.25, -0.2) is 0 Å². The Kier molecular flexibility index (Phi) is 7.19. The second-order valence-corrected chi connectivity index (χ2v) is 5.03. The van der Waals surface area contributed by atoms with Gasteiger partial charge in [0.2, 0.25) is 0 Å². The van der Waals surface area contributed by atoms with E-state index >= 15 is 0 Å². The van der Waals surface area contributed by atoms with E-state index in [0.29, 0.717) is 0 Å². The minimum absolute atomic E-state index is 0.134. The number of aliphatic carboxylic acids is 1. The topological polar surface area (TPSA) is 59.1 Å². The fourth-order valence-electron chi connectivity index (χ4n) is 1.97. The van der Waals surface area contributed by atoms with Crippen molar-refractivity contribution in [2.24, 2.45) is 0 Å². The maximum absolute atomic E-state index is 10.8. The largest absolute Gasteiger partial charge is 0.480 e. The first-order valence-electron chi connectivity index (χ1n) is 6.60. The van der Waals surface area contributed by atoms with Crippen LogP contribution < -0.4 is 5.32 Å². The molecule has 1 rings (SSSR count). The smallest absolute Gasteiger partial charge is 0.317 e. The first-order valence-corrected chi connectivity index (χ1v) is 6.60. The number of carboxylic acids is 1. The second kappa shape index (κ2) is 8.42. The summed E-state index contributed by atoms with van der Waals surface area (Å²) >= 11 is 0. The van der Waals surface area contributed by atoms with Crippen LogP contribution in [0, 0.1) is 0 Å². The summed E-state index contributed by atoms with van der Waals surface area (Å²) in [5, 5.41) is 12.2. The minimum Gasteiger partial charge on any atom is -0.480 e. The number of rotatable bonds is 2. The maximum Gasteiger partial charge on any atom is 0.317 e. The Hall–Kier alpha value is -0.690. The highest BCUT2D eigenvalue weighted by molar-refractivity contribution is 5.69. The van der Waals surface area contributed by atoms with Gasteiger partial charge in [-0.15, -0.1) is 0 Å². The Morgan fingerprint density at radius 2 is 1.56 bits per heavy atom. The van der Waals surface area contributed by atoms with Crippen LogP contribution in [0.3, 0.4) is 0 Å². The number of hydrogen-bond acceptors (Lipinski definition) is 5. The summed E-state index contributed by atoms with van der Waals surface area (Å²) in [7, 11) is 4.23. The summed E-state index contributed by atoms with van der Waals surface area (Å²) in [6.45, 7) is 7.59. The van der Waals surface area contributed by atoms with Gasteiger partial charge >= 0.3 is 5.97 Å². The summed E-state index contributed by atoms with van der Waals surface area (Å²) in [4.78, 5) is 17.4. The SMILES string of the molecule is CN1CCNCCN(CC(=O)O)CCN(C)CC1. The molecule has 1 heterocycles. The number of likely N-dealkylation sites (N-methyl/N-ethyl adjacent to an activating group) is 2. The fourth-order valence-corrected chi connectivity index (χ4v) is 1.97. The van der Waals surface area contributed by atoms with Crippen LogP contribution in [0.4, 0.5) is 0 Å². The average molecular weight is 258 g/mol. The van der Waals surface area contributed by atoms with Gasteiger partial charge in [0.15, 0.2) is 0 Å². The van der Waals surface area contributed by atoms with Crippen molar-refractivity contribution in [3.8, 4) is 0 Å². The van der Waals surface area contributed by atoms with Crippen LogP contribution in [0.1, 0.15) is 0 Å². The van der Waals surface area contributed by atoms with E-state index in [9.17, 15) is 4.79 Å². The predicted molar refractivity (Wildman–Crippen MR) is 71.9 cm³/mol. The zero-order valence-corrected chi connectivity index (χ0v) is 11.6. The molecule has 6 nitrogen and oxygen atoms in total. The Morgan fingerprint density at radius 3 is 2.22 bits per heavy atom. The molecule has 1 aliphatic rings. The average Bonchev–Trinajstić information content (AvgIpc) is 2.30. The highest BCUT2D eigenvalue weighted by atomic mass is 16.4. The van der Waals surface area contributed by atoms with Crippen LogP contribution in [-0.4, -0.2) is 98.8 Å². The zero-order chi connectivity index (χ0) is 13.4. The van der Waals surface area contributed by atoms with Gasteiger partial charge in [0.1, 0.15) is 0 Å². The molecule has 1 saturated heterocycles. The lowest BCUT2D eigenvalue weighted by Gasteiger charge is -2.27. The molecule has 2 N–H and O–H groups in total. The van der Waals surface area contributed by atoms with Gasteiger partial charge < -0.3 is 20.2 Å². The molecule has 0 aromatic heterocycles. The van der Waals surface area contributed by atoms with Gasteiger partial charge in [0, 0.05) is 52.4 Å². The molecule has 1 aliphatic heterocycles. The first kappa shape index (κ1) is 15.4. The highest BCUT2D eigenvalue weighted by Crippen LogP contribution is 1.93. The van der Waals surface area contributed by atoms with Crippen molar-refractivity contribution in [2.75, 3.05) is 73.0 Å². The molecule has 0 spiro atoms. The second-order valence-electron chi connectivity index (χ2n) is 5.03. The molecule has 18 heavy (non-hydrogen) atoms. The normalized spacial score (nSPS) is 23.2. The molecule has 0 atom stereocenters. The molecular formula is C12H26N4O2. The Bertz CT molecular complexity index is 250. The first-order chi connectivity index (χ1) is 8.58. The van der Waals surface area contributed by atoms with Crippen LogP contribution in [0.25, 0.3) is 0 Å². The van der Waals surface area contributed by atoms with Crippen LogP contribution in [0.15, 0.2) is 0 Å². The third kappa shape index (κ3) is 6.90. The van der Waals surface area contributed by atoms with E-state index in [0.717, 1.165) is 52.4 Å². The third-order valence-electron chi connectivity index (χ3n) is 3.30. The summed E-state index contributed by atoms with van der Waals surface area (Å²) < 4.78 is 0. The summed E-state index contributed by atoms with van der Waals surface area (Å²) in [6.07, 6.45) is 0. The number of carboxylic acid groups (broad SMARTS) is 1. The lowest BCUT2D eigenvalue weighted by Crippen LogP contribution is -2.44. The van der Waals surface area contributed by atoms with E-state index in [1.165, 1.54) is 0 Å². The summed E-state index contributed by atoms with van der Waals surface area (Å²) in [5.74, 6) is -0.746. The Balaban J connectivity index is 2.42. The molecule has 0 radical (unpaired) electrons. The van der Waals surface area contributed by atoms with Crippen molar-refractivity contribution in [2.45, 2.75) is 0 Å². The van der Waals surface area contributed by atoms with Crippen molar-refractivity contribution < 1.29 is 9.90 Å². The minimum atomic E-state index is -0.746.